The first kappa shape index (κ1) is 18.7. The molecule has 29 heavy (non-hydrogen) atoms. The Hall–Kier alpha value is -3.62. The number of H-pyrrole nitrogens is 1. The van der Waals surface area contributed by atoms with Crippen molar-refractivity contribution in [2.24, 2.45) is 0 Å². The Morgan fingerprint density at radius 1 is 1.10 bits per heavy atom. The second-order valence-corrected chi connectivity index (χ2v) is 6.46. The molecule has 3 aromatic heterocycles. The number of rotatable bonds is 5. The molecule has 2 N–H and O–H groups in total. The molecule has 0 atom stereocenters. The van der Waals surface area contributed by atoms with Crippen LogP contribution in [0.4, 0.5) is 13.2 Å². The van der Waals surface area contributed by atoms with Gasteiger partial charge in [0.2, 0.25) is 0 Å². The maximum absolute atomic E-state index is 12.9. The summed E-state index contributed by atoms with van der Waals surface area (Å²) in [6.07, 6.45) is 0.158. The third kappa shape index (κ3) is 4.13. The van der Waals surface area contributed by atoms with Gasteiger partial charge in [0.25, 0.3) is 5.91 Å². The molecule has 0 bridgehead atoms. The SMILES string of the molecule is O=C(NCc1cn(CC(F)(F)F)nc1-c1nccc2[nH]ccc12)c1ccccc1. The molecule has 0 aliphatic carbocycles. The van der Waals surface area contributed by atoms with Crippen LogP contribution in [-0.4, -0.2) is 31.8 Å². The van der Waals surface area contributed by atoms with Crippen LogP contribution in [0.15, 0.2) is 61.1 Å². The Balaban J connectivity index is 1.68. The average molecular weight is 399 g/mol. The Morgan fingerprint density at radius 2 is 1.90 bits per heavy atom. The highest BCUT2D eigenvalue weighted by atomic mass is 19.4. The van der Waals surface area contributed by atoms with Crippen LogP contribution in [0.25, 0.3) is 22.3 Å². The van der Waals surface area contributed by atoms with E-state index >= 15 is 0 Å². The van der Waals surface area contributed by atoms with Crippen LogP contribution in [0.5, 0.6) is 0 Å². The van der Waals surface area contributed by atoms with E-state index in [0.717, 1.165) is 15.6 Å². The highest BCUT2D eigenvalue weighted by Gasteiger charge is 2.29. The first-order valence-corrected chi connectivity index (χ1v) is 8.79. The number of aromatic amines is 1. The van der Waals surface area contributed by atoms with Gasteiger partial charge in [-0.15, -0.1) is 0 Å². The third-order valence-corrected chi connectivity index (χ3v) is 4.36. The lowest BCUT2D eigenvalue weighted by Gasteiger charge is -2.06. The van der Waals surface area contributed by atoms with Crippen LogP contribution >= 0.6 is 0 Å². The average Bonchev–Trinajstić information content (AvgIpc) is 3.32. The zero-order valence-electron chi connectivity index (χ0n) is 15.1. The number of fused-ring (bicyclic) bond motifs is 1. The molecule has 3 heterocycles. The minimum Gasteiger partial charge on any atom is -0.361 e. The van der Waals surface area contributed by atoms with Crippen molar-refractivity contribution in [3.63, 3.8) is 0 Å². The molecule has 6 nitrogen and oxygen atoms in total. The Kier molecular flexibility index (Phi) is 4.79. The fourth-order valence-electron chi connectivity index (χ4n) is 3.09. The van der Waals surface area contributed by atoms with Gasteiger partial charge in [-0.1, -0.05) is 18.2 Å². The zero-order chi connectivity index (χ0) is 20.4. The summed E-state index contributed by atoms with van der Waals surface area (Å²) in [5.74, 6) is -0.326. The largest absolute Gasteiger partial charge is 0.408 e. The van der Waals surface area contributed by atoms with Crippen molar-refractivity contribution in [1.82, 2.24) is 25.1 Å². The standard InChI is InChI=1S/C20H16F3N5O/c21-20(22,23)12-28-11-14(10-26-19(29)13-4-2-1-3-5-13)17(27-28)18-15-6-8-24-16(15)7-9-25-18/h1-9,11,24H,10,12H2,(H,26,29). The Labute approximate surface area is 163 Å². The number of carbonyl (C=O) groups excluding carboxylic acids is 1. The summed E-state index contributed by atoms with van der Waals surface area (Å²) in [5, 5.41) is 7.59. The molecule has 0 radical (unpaired) electrons. The van der Waals surface area contributed by atoms with Crippen molar-refractivity contribution in [3.8, 4) is 11.4 Å². The molecule has 0 saturated carbocycles. The second-order valence-electron chi connectivity index (χ2n) is 6.46. The van der Waals surface area contributed by atoms with Crippen molar-refractivity contribution < 1.29 is 18.0 Å². The predicted molar refractivity (Wildman–Crippen MR) is 101 cm³/mol. The number of nitrogens with zero attached hydrogens (tertiary/aromatic N) is 3. The molecule has 0 aliphatic rings. The molecular weight excluding hydrogens is 383 g/mol. The highest BCUT2D eigenvalue weighted by Crippen LogP contribution is 2.28. The summed E-state index contributed by atoms with van der Waals surface area (Å²) < 4.78 is 39.4. The quantitative estimate of drug-likeness (QED) is 0.534. The summed E-state index contributed by atoms with van der Waals surface area (Å²) in [6, 6.07) is 12.1. The number of nitrogens with one attached hydrogen (secondary N) is 2. The highest BCUT2D eigenvalue weighted by molar-refractivity contribution is 5.94. The van der Waals surface area contributed by atoms with Crippen LogP contribution < -0.4 is 5.32 Å². The number of alkyl halides is 3. The Bertz CT molecular complexity index is 1150. The first-order chi connectivity index (χ1) is 13.9. The number of pyridine rings is 1. The molecule has 0 saturated heterocycles. The summed E-state index contributed by atoms with van der Waals surface area (Å²) >= 11 is 0. The summed E-state index contributed by atoms with van der Waals surface area (Å²) in [7, 11) is 0. The van der Waals surface area contributed by atoms with Crippen molar-refractivity contribution in [2.45, 2.75) is 19.3 Å². The van der Waals surface area contributed by atoms with Gasteiger partial charge in [0.1, 0.15) is 17.9 Å². The lowest BCUT2D eigenvalue weighted by atomic mass is 10.1. The minimum absolute atomic E-state index is 0.0173. The van der Waals surface area contributed by atoms with Crippen LogP contribution in [0.3, 0.4) is 0 Å². The monoisotopic (exact) mass is 399 g/mol. The molecule has 0 spiro atoms. The number of benzene rings is 1. The van der Waals surface area contributed by atoms with E-state index in [1.165, 1.54) is 6.20 Å². The third-order valence-electron chi connectivity index (χ3n) is 4.36. The van der Waals surface area contributed by atoms with Gasteiger partial charge < -0.3 is 10.3 Å². The van der Waals surface area contributed by atoms with Crippen LogP contribution in [0, 0.1) is 0 Å². The molecule has 4 rings (SSSR count). The predicted octanol–water partition coefficient (Wildman–Crippen LogP) is 3.92. The second kappa shape index (κ2) is 7.42. The van der Waals surface area contributed by atoms with Crippen molar-refractivity contribution in [3.05, 3.63) is 72.2 Å². The maximum atomic E-state index is 12.9. The summed E-state index contributed by atoms with van der Waals surface area (Å²) in [6.45, 7) is -1.21. The smallest absolute Gasteiger partial charge is 0.361 e. The molecule has 0 fully saturated rings. The molecule has 1 amide bonds. The minimum atomic E-state index is -4.42. The van der Waals surface area contributed by atoms with Crippen LogP contribution in [0.2, 0.25) is 0 Å². The van der Waals surface area contributed by atoms with E-state index in [4.69, 9.17) is 0 Å². The van der Waals surface area contributed by atoms with Gasteiger partial charge in [0, 0.05) is 47.2 Å². The summed E-state index contributed by atoms with van der Waals surface area (Å²) in [5.41, 5.74) is 2.45. The number of hydrogen-bond acceptors (Lipinski definition) is 3. The fourth-order valence-corrected chi connectivity index (χ4v) is 3.09. The fraction of sp³-hybridized carbons (Fsp3) is 0.150. The molecule has 4 aromatic rings. The lowest BCUT2D eigenvalue weighted by molar-refractivity contribution is -0.142. The molecular formula is C20H16F3N5O. The van der Waals surface area contributed by atoms with E-state index in [-0.39, 0.29) is 12.5 Å². The summed E-state index contributed by atoms with van der Waals surface area (Å²) in [4.78, 5) is 19.7. The van der Waals surface area contributed by atoms with E-state index in [9.17, 15) is 18.0 Å². The number of carbonyl (C=O) groups is 1. The van der Waals surface area contributed by atoms with Crippen LogP contribution in [0.1, 0.15) is 15.9 Å². The van der Waals surface area contributed by atoms with E-state index in [0.29, 0.717) is 22.5 Å². The van der Waals surface area contributed by atoms with E-state index in [1.807, 2.05) is 0 Å². The normalized spacial score (nSPS) is 11.7. The number of hydrogen-bond donors (Lipinski definition) is 2. The molecule has 1 aromatic carbocycles. The van der Waals surface area contributed by atoms with Gasteiger partial charge in [-0.25, -0.2) is 0 Å². The number of amides is 1. The Morgan fingerprint density at radius 3 is 2.66 bits per heavy atom. The van der Waals surface area contributed by atoms with Gasteiger partial charge in [-0.05, 0) is 24.3 Å². The van der Waals surface area contributed by atoms with Crippen molar-refractivity contribution in [1.29, 1.82) is 0 Å². The van der Waals surface area contributed by atoms with Crippen molar-refractivity contribution >= 4 is 16.8 Å². The number of aromatic nitrogens is 4. The number of halogens is 3. The molecule has 0 aliphatic heterocycles. The molecule has 0 unspecified atom stereocenters. The van der Waals surface area contributed by atoms with Crippen LogP contribution in [-0.2, 0) is 13.1 Å². The van der Waals surface area contributed by atoms with E-state index in [2.05, 4.69) is 20.4 Å². The lowest BCUT2D eigenvalue weighted by Crippen LogP contribution is -2.22. The topological polar surface area (TPSA) is 75.6 Å². The van der Waals surface area contributed by atoms with E-state index in [1.54, 1.807) is 54.9 Å². The molecule has 148 valence electrons. The first-order valence-electron chi connectivity index (χ1n) is 8.79. The van der Waals surface area contributed by atoms with Crippen molar-refractivity contribution in [2.75, 3.05) is 0 Å². The zero-order valence-corrected chi connectivity index (χ0v) is 15.1. The van der Waals surface area contributed by atoms with Gasteiger partial charge in [-0.2, -0.15) is 18.3 Å². The van der Waals surface area contributed by atoms with E-state index < -0.39 is 12.7 Å². The van der Waals surface area contributed by atoms with Gasteiger partial charge >= 0.3 is 6.18 Å². The van der Waals surface area contributed by atoms with Gasteiger partial charge in [0.05, 0.1) is 0 Å². The molecule has 9 heteroatoms. The maximum Gasteiger partial charge on any atom is 0.408 e. The van der Waals surface area contributed by atoms with Gasteiger partial charge in [0.15, 0.2) is 0 Å². The van der Waals surface area contributed by atoms with Gasteiger partial charge in [-0.3, -0.25) is 14.5 Å².